The van der Waals surface area contributed by atoms with Gasteiger partial charge in [0.15, 0.2) is 0 Å². The molecule has 0 amide bonds. The van der Waals surface area contributed by atoms with Crippen LogP contribution in [0.15, 0.2) is 22.8 Å². The Bertz CT molecular complexity index is 812. The molecule has 0 N–H and O–H groups in total. The second kappa shape index (κ2) is 5.66. The summed E-state index contributed by atoms with van der Waals surface area (Å²) in [7, 11) is 0. The maximum atomic E-state index is 13.7. The van der Waals surface area contributed by atoms with Crippen LogP contribution in [0.25, 0.3) is 11.0 Å². The molecule has 3 rings (SSSR count). The van der Waals surface area contributed by atoms with E-state index in [0.717, 1.165) is 21.2 Å². The van der Waals surface area contributed by atoms with E-state index < -0.39 is 0 Å². The van der Waals surface area contributed by atoms with Crippen LogP contribution in [-0.4, -0.2) is 14.5 Å². The van der Waals surface area contributed by atoms with Gasteiger partial charge in [-0.1, -0.05) is 0 Å². The minimum absolute atomic E-state index is 0.256. The number of aromatic nitrogens is 3. The average Bonchev–Trinajstić information content (AvgIpc) is 2.96. The van der Waals surface area contributed by atoms with Crippen LogP contribution in [0.1, 0.15) is 28.0 Å². The summed E-state index contributed by atoms with van der Waals surface area (Å²) in [5.74, 6) is 0.407. The van der Waals surface area contributed by atoms with Crippen molar-refractivity contribution >= 4 is 49.9 Å². The molecule has 0 saturated heterocycles. The third-order valence-electron chi connectivity index (χ3n) is 3.16. The fourth-order valence-corrected chi connectivity index (χ4v) is 3.52. The Morgan fingerprint density at radius 1 is 1.48 bits per heavy atom. The van der Waals surface area contributed by atoms with Crippen LogP contribution in [0.4, 0.5) is 4.39 Å². The van der Waals surface area contributed by atoms with E-state index in [4.69, 9.17) is 11.6 Å². The molecule has 0 fully saturated rings. The predicted molar refractivity (Wildman–Crippen MR) is 87.6 cm³/mol. The standard InChI is InChI=1S/C14H12BrClFN3S/c1-7(16)14-19-12-4-11(17)10(15)3-13(12)20(14)6-9-5-18-8(2)21-9/h3-5,7H,6H2,1-2H3. The molecule has 3 nitrogen and oxygen atoms in total. The minimum Gasteiger partial charge on any atom is -0.321 e. The van der Waals surface area contributed by atoms with Crippen LogP contribution < -0.4 is 0 Å². The van der Waals surface area contributed by atoms with Crippen molar-refractivity contribution in [2.45, 2.75) is 25.8 Å². The van der Waals surface area contributed by atoms with Crippen LogP contribution in [-0.2, 0) is 6.54 Å². The molecule has 7 heteroatoms. The molecule has 1 unspecified atom stereocenters. The average molecular weight is 389 g/mol. The Hall–Kier alpha value is -0.980. The van der Waals surface area contributed by atoms with Crippen molar-refractivity contribution in [3.05, 3.63) is 44.3 Å². The number of alkyl halides is 1. The van der Waals surface area contributed by atoms with E-state index in [9.17, 15) is 4.39 Å². The maximum Gasteiger partial charge on any atom is 0.139 e. The van der Waals surface area contributed by atoms with Crippen molar-refractivity contribution in [2.75, 3.05) is 0 Å². The minimum atomic E-state index is -0.324. The van der Waals surface area contributed by atoms with Gasteiger partial charge in [0.1, 0.15) is 11.6 Å². The largest absolute Gasteiger partial charge is 0.321 e. The van der Waals surface area contributed by atoms with Gasteiger partial charge in [0.25, 0.3) is 0 Å². The van der Waals surface area contributed by atoms with Gasteiger partial charge >= 0.3 is 0 Å². The molecule has 0 aliphatic heterocycles. The van der Waals surface area contributed by atoms with Crippen LogP contribution in [0.5, 0.6) is 0 Å². The van der Waals surface area contributed by atoms with Crippen molar-refractivity contribution in [3.8, 4) is 0 Å². The number of halogens is 3. The van der Waals surface area contributed by atoms with E-state index in [1.54, 1.807) is 17.4 Å². The topological polar surface area (TPSA) is 30.7 Å². The maximum absolute atomic E-state index is 13.7. The van der Waals surface area contributed by atoms with Gasteiger partial charge in [-0.2, -0.15) is 0 Å². The number of aryl methyl sites for hydroxylation is 1. The zero-order chi connectivity index (χ0) is 15.1. The zero-order valence-corrected chi connectivity index (χ0v) is 14.6. The molecule has 0 aliphatic rings. The van der Waals surface area contributed by atoms with Gasteiger partial charge in [-0.05, 0) is 35.8 Å². The van der Waals surface area contributed by atoms with Crippen LogP contribution in [0, 0.1) is 12.7 Å². The van der Waals surface area contributed by atoms with Crippen molar-refractivity contribution in [1.82, 2.24) is 14.5 Å². The van der Waals surface area contributed by atoms with Gasteiger partial charge < -0.3 is 4.57 Å². The van der Waals surface area contributed by atoms with E-state index in [1.165, 1.54) is 6.07 Å². The molecule has 2 heterocycles. The number of hydrogen-bond donors (Lipinski definition) is 0. The van der Waals surface area contributed by atoms with E-state index >= 15 is 0 Å². The normalized spacial score (nSPS) is 13.0. The second-order valence-electron chi connectivity index (χ2n) is 4.77. The highest BCUT2D eigenvalue weighted by molar-refractivity contribution is 9.10. The number of thiazole rings is 1. The molecule has 2 aromatic heterocycles. The number of nitrogens with zero attached hydrogens (tertiary/aromatic N) is 3. The molecule has 110 valence electrons. The number of imidazole rings is 1. The van der Waals surface area contributed by atoms with Gasteiger partial charge in [0.2, 0.25) is 0 Å². The number of benzene rings is 1. The molecular formula is C14H12BrClFN3S. The summed E-state index contributed by atoms with van der Waals surface area (Å²) in [5, 5.41) is 0.760. The first-order valence-electron chi connectivity index (χ1n) is 6.36. The molecule has 21 heavy (non-hydrogen) atoms. The molecule has 0 saturated carbocycles. The summed E-state index contributed by atoms with van der Waals surface area (Å²) in [6.07, 6.45) is 1.85. The molecule has 0 aliphatic carbocycles. The molecule has 0 radical (unpaired) electrons. The monoisotopic (exact) mass is 387 g/mol. The van der Waals surface area contributed by atoms with Crippen LogP contribution in [0.2, 0.25) is 0 Å². The highest BCUT2D eigenvalue weighted by Crippen LogP contribution is 2.29. The number of hydrogen-bond acceptors (Lipinski definition) is 3. The van der Waals surface area contributed by atoms with Crippen molar-refractivity contribution < 1.29 is 4.39 Å². The van der Waals surface area contributed by atoms with Gasteiger partial charge in [0.05, 0.1) is 32.4 Å². The highest BCUT2D eigenvalue weighted by Gasteiger charge is 2.17. The summed E-state index contributed by atoms with van der Waals surface area (Å²) in [5.41, 5.74) is 1.47. The van der Waals surface area contributed by atoms with E-state index in [2.05, 4.69) is 25.9 Å². The summed E-state index contributed by atoms with van der Waals surface area (Å²) in [4.78, 5) is 9.85. The first-order chi connectivity index (χ1) is 9.95. The van der Waals surface area contributed by atoms with Crippen LogP contribution >= 0.6 is 38.9 Å². The lowest BCUT2D eigenvalue weighted by Crippen LogP contribution is -2.04. The zero-order valence-electron chi connectivity index (χ0n) is 11.4. The van der Waals surface area contributed by atoms with Gasteiger partial charge in [-0.25, -0.2) is 14.4 Å². The molecule has 1 atom stereocenters. The van der Waals surface area contributed by atoms with Gasteiger partial charge in [-0.15, -0.1) is 22.9 Å². The fraction of sp³-hybridized carbons (Fsp3) is 0.286. The predicted octanol–water partition coefficient (Wildman–Crippen LogP) is 5.05. The quantitative estimate of drug-likeness (QED) is 0.588. The Morgan fingerprint density at radius 3 is 2.86 bits per heavy atom. The van der Waals surface area contributed by atoms with E-state index in [0.29, 0.717) is 16.5 Å². The summed E-state index contributed by atoms with van der Waals surface area (Å²) in [6.45, 7) is 4.46. The molecule has 0 spiro atoms. The Morgan fingerprint density at radius 2 is 2.24 bits per heavy atom. The lowest BCUT2D eigenvalue weighted by Gasteiger charge is -2.09. The summed E-state index contributed by atoms with van der Waals surface area (Å²) < 4.78 is 16.1. The smallest absolute Gasteiger partial charge is 0.139 e. The van der Waals surface area contributed by atoms with Crippen molar-refractivity contribution in [1.29, 1.82) is 0 Å². The Balaban J connectivity index is 2.17. The first kappa shape index (κ1) is 14.9. The third-order valence-corrected chi connectivity index (χ3v) is 4.86. The van der Waals surface area contributed by atoms with Gasteiger partial charge in [0, 0.05) is 17.1 Å². The Kier molecular flexibility index (Phi) is 4.03. The fourth-order valence-electron chi connectivity index (χ4n) is 2.24. The SMILES string of the molecule is Cc1ncc(Cn2c(C(C)Cl)nc3cc(F)c(Br)cc32)s1. The molecule has 1 aromatic carbocycles. The van der Waals surface area contributed by atoms with E-state index in [1.807, 2.05) is 24.6 Å². The van der Waals surface area contributed by atoms with E-state index in [-0.39, 0.29) is 11.2 Å². The molecule has 0 bridgehead atoms. The Labute approximate surface area is 138 Å². The van der Waals surface area contributed by atoms with Crippen molar-refractivity contribution in [3.63, 3.8) is 0 Å². The lowest BCUT2D eigenvalue weighted by atomic mass is 10.3. The van der Waals surface area contributed by atoms with Crippen molar-refractivity contribution in [2.24, 2.45) is 0 Å². The summed E-state index contributed by atoms with van der Waals surface area (Å²) >= 11 is 11.1. The van der Waals surface area contributed by atoms with Crippen LogP contribution in [0.3, 0.4) is 0 Å². The highest BCUT2D eigenvalue weighted by atomic mass is 79.9. The molecular weight excluding hydrogens is 377 g/mol. The second-order valence-corrected chi connectivity index (χ2v) is 7.60. The first-order valence-corrected chi connectivity index (χ1v) is 8.41. The number of rotatable bonds is 3. The third kappa shape index (κ3) is 2.84. The summed E-state index contributed by atoms with van der Waals surface area (Å²) in [6, 6.07) is 3.17. The number of fused-ring (bicyclic) bond motifs is 1. The lowest BCUT2D eigenvalue weighted by molar-refractivity contribution is 0.622. The molecule has 3 aromatic rings. The van der Waals surface area contributed by atoms with Gasteiger partial charge in [-0.3, -0.25) is 0 Å².